The zero-order valence-corrected chi connectivity index (χ0v) is 15.3. The van der Waals surface area contributed by atoms with Gasteiger partial charge in [-0.15, -0.1) is 0 Å². The van der Waals surface area contributed by atoms with Crippen molar-refractivity contribution in [2.75, 3.05) is 13.5 Å². The van der Waals surface area contributed by atoms with Crippen LogP contribution in [0.1, 0.15) is 0 Å². The molecule has 0 heterocycles. The Labute approximate surface area is 140 Å². The van der Waals surface area contributed by atoms with E-state index < -0.39 is 6.95 Å². The molecular formula is C20H22OP2. The summed E-state index contributed by atoms with van der Waals surface area (Å²) in [4.78, 5) is 0. The Kier molecular flexibility index (Phi) is 5.57. The molecule has 1 unspecified atom stereocenters. The van der Waals surface area contributed by atoms with E-state index in [4.69, 9.17) is 4.74 Å². The van der Waals surface area contributed by atoms with Crippen molar-refractivity contribution < 1.29 is 4.74 Å². The first-order valence-electron chi connectivity index (χ1n) is 7.78. The van der Waals surface area contributed by atoms with E-state index >= 15 is 0 Å². The SMILES string of the molecule is COCP[PH](c1ccccc1)(c1ccccc1)c1ccccc1. The van der Waals surface area contributed by atoms with E-state index in [9.17, 15) is 0 Å². The molecule has 3 rings (SSSR count). The van der Waals surface area contributed by atoms with Crippen molar-refractivity contribution in [1.29, 1.82) is 0 Å². The van der Waals surface area contributed by atoms with Crippen LogP contribution >= 0.6 is 15.2 Å². The third kappa shape index (κ3) is 3.38. The molecule has 0 saturated carbocycles. The van der Waals surface area contributed by atoms with Gasteiger partial charge in [-0.25, -0.2) is 0 Å². The summed E-state index contributed by atoms with van der Waals surface area (Å²) < 4.78 is 5.51. The van der Waals surface area contributed by atoms with Crippen LogP contribution < -0.4 is 15.9 Å². The zero-order chi connectivity index (χ0) is 16.0. The summed E-state index contributed by atoms with van der Waals surface area (Å²) in [5.41, 5.74) is 0. The molecule has 0 aliphatic heterocycles. The summed E-state index contributed by atoms with van der Waals surface area (Å²) in [5.74, 6) is 0. The summed E-state index contributed by atoms with van der Waals surface area (Å²) in [6.07, 6.45) is 0.797. The predicted molar refractivity (Wildman–Crippen MR) is 107 cm³/mol. The first kappa shape index (κ1) is 16.3. The van der Waals surface area contributed by atoms with Crippen LogP contribution in [0.15, 0.2) is 91.0 Å². The molecule has 3 aromatic carbocycles. The van der Waals surface area contributed by atoms with Gasteiger partial charge >= 0.3 is 140 Å². The second-order valence-corrected chi connectivity index (χ2v) is 12.6. The Hall–Kier alpha value is -1.52. The van der Waals surface area contributed by atoms with Crippen LogP contribution in [0.4, 0.5) is 0 Å². The summed E-state index contributed by atoms with van der Waals surface area (Å²) in [7, 11) is 2.54. The Bertz CT molecular complexity index is 618. The van der Waals surface area contributed by atoms with Gasteiger partial charge in [0.1, 0.15) is 0 Å². The third-order valence-corrected chi connectivity index (χ3v) is 13.3. The standard InChI is InChI=1S/C20H22OP2/c1-21-17-22-23(18-11-5-2-6-12-18,19-13-7-3-8-14-19)20-15-9-4-10-16-20/h2-16,22-23H,17H2,1H3. The topological polar surface area (TPSA) is 9.23 Å². The van der Waals surface area contributed by atoms with Gasteiger partial charge in [0.05, 0.1) is 0 Å². The van der Waals surface area contributed by atoms with Gasteiger partial charge in [0.15, 0.2) is 0 Å². The van der Waals surface area contributed by atoms with Crippen molar-refractivity contribution in [1.82, 2.24) is 0 Å². The molecule has 0 radical (unpaired) electrons. The predicted octanol–water partition coefficient (Wildman–Crippen LogP) is 3.91. The van der Waals surface area contributed by atoms with Crippen molar-refractivity contribution in [3.63, 3.8) is 0 Å². The molecular weight excluding hydrogens is 318 g/mol. The minimum atomic E-state index is -2.04. The number of rotatable bonds is 6. The average molecular weight is 340 g/mol. The van der Waals surface area contributed by atoms with Crippen LogP contribution in [0.2, 0.25) is 0 Å². The number of methoxy groups -OCH3 is 1. The Balaban J connectivity index is 2.25. The van der Waals surface area contributed by atoms with E-state index in [0.717, 1.165) is 14.6 Å². The van der Waals surface area contributed by atoms with Gasteiger partial charge in [0.2, 0.25) is 0 Å². The Morgan fingerprint density at radius 1 is 0.652 bits per heavy atom. The maximum atomic E-state index is 5.51. The second kappa shape index (κ2) is 7.84. The molecule has 3 aromatic rings. The molecule has 0 spiro atoms. The third-order valence-electron chi connectivity index (χ3n) is 4.10. The fraction of sp³-hybridized carbons (Fsp3) is 0.100. The van der Waals surface area contributed by atoms with Gasteiger partial charge in [0.25, 0.3) is 0 Å². The molecule has 0 bridgehead atoms. The van der Waals surface area contributed by atoms with Crippen molar-refractivity contribution >= 4 is 31.1 Å². The van der Waals surface area contributed by atoms with E-state index in [0.29, 0.717) is 0 Å². The quantitative estimate of drug-likeness (QED) is 0.618. The van der Waals surface area contributed by atoms with Crippen LogP contribution in [0.5, 0.6) is 0 Å². The average Bonchev–Trinajstić information content (AvgIpc) is 2.65. The monoisotopic (exact) mass is 340 g/mol. The molecule has 0 saturated heterocycles. The van der Waals surface area contributed by atoms with Crippen molar-refractivity contribution in [2.24, 2.45) is 0 Å². The van der Waals surface area contributed by atoms with Crippen molar-refractivity contribution in [3.05, 3.63) is 91.0 Å². The Morgan fingerprint density at radius 3 is 1.30 bits per heavy atom. The summed E-state index contributed by atoms with van der Waals surface area (Å²) in [6.45, 7) is -2.04. The van der Waals surface area contributed by atoms with E-state index in [1.807, 2.05) is 0 Å². The molecule has 0 aromatic heterocycles. The molecule has 3 heteroatoms. The number of hydrogen-bond acceptors (Lipinski definition) is 1. The van der Waals surface area contributed by atoms with Crippen LogP contribution in [0.25, 0.3) is 0 Å². The normalized spacial score (nSPS) is 12.6. The molecule has 0 N–H and O–H groups in total. The molecule has 23 heavy (non-hydrogen) atoms. The van der Waals surface area contributed by atoms with Crippen LogP contribution in [-0.4, -0.2) is 13.5 Å². The maximum absolute atomic E-state index is 5.51. The molecule has 0 aliphatic carbocycles. The number of benzene rings is 3. The molecule has 0 fully saturated rings. The van der Waals surface area contributed by atoms with Gasteiger partial charge in [-0.3, -0.25) is 0 Å². The van der Waals surface area contributed by atoms with E-state index in [1.54, 1.807) is 7.11 Å². The minimum absolute atomic E-state index is 0.743. The summed E-state index contributed by atoms with van der Waals surface area (Å²) >= 11 is 0. The van der Waals surface area contributed by atoms with E-state index in [2.05, 4.69) is 91.0 Å². The van der Waals surface area contributed by atoms with Crippen molar-refractivity contribution in [2.45, 2.75) is 0 Å². The fourth-order valence-corrected chi connectivity index (χ4v) is 11.5. The first-order valence-corrected chi connectivity index (χ1v) is 12.0. The van der Waals surface area contributed by atoms with Gasteiger partial charge in [-0.05, 0) is 0 Å². The van der Waals surface area contributed by atoms with Gasteiger partial charge < -0.3 is 0 Å². The number of ether oxygens (including phenoxy) is 1. The van der Waals surface area contributed by atoms with E-state index in [1.165, 1.54) is 15.9 Å². The Morgan fingerprint density at radius 2 is 1.00 bits per heavy atom. The molecule has 0 aliphatic rings. The molecule has 1 atom stereocenters. The van der Waals surface area contributed by atoms with Crippen molar-refractivity contribution in [3.8, 4) is 0 Å². The van der Waals surface area contributed by atoms with E-state index in [-0.39, 0.29) is 0 Å². The summed E-state index contributed by atoms with van der Waals surface area (Å²) in [5, 5.41) is 4.35. The van der Waals surface area contributed by atoms with Crippen LogP contribution in [0, 0.1) is 0 Å². The van der Waals surface area contributed by atoms with Crippen LogP contribution in [0.3, 0.4) is 0 Å². The molecule has 1 nitrogen and oxygen atoms in total. The van der Waals surface area contributed by atoms with Gasteiger partial charge in [0, 0.05) is 0 Å². The van der Waals surface area contributed by atoms with Gasteiger partial charge in [-0.1, -0.05) is 0 Å². The first-order chi connectivity index (χ1) is 11.4. The second-order valence-electron chi connectivity index (χ2n) is 5.46. The van der Waals surface area contributed by atoms with Gasteiger partial charge in [-0.2, -0.15) is 0 Å². The fourth-order valence-electron chi connectivity index (χ4n) is 3.05. The van der Waals surface area contributed by atoms with Crippen LogP contribution in [-0.2, 0) is 4.74 Å². The molecule has 0 amide bonds. The molecule has 118 valence electrons. The summed E-state index contributed by atoms with van der Waals surface area (Å²) in [6, 6.07) is 32.9. The zero-order valence-electron chi connectivity index (χ0n) is 13.3. The number of hydrogen-bond donors (Lipinski definition) is 0.